The van der Waals surface area contributed by atoms with E-state index in [1.807, 2.05) is 97.1 Å². The number of rotatable bonds is 7. The van der Waals surface area contributed by atoms with Gasteiger partial charge in [0.15, 0.2) is 17.3 Å². The van der Waals surface area contributed by atoms with Gasteiger partial charge in [0, 0.05) is 23.3 Å². The van der Waals surface area contributed by atoms with Gasteiger partial charge >= 0.3 is 0 Å². The molecule has 0 radical (unpaired) electrons. The molecule has 0 aromatic heterocycles. The molecule has 0 saturated heterocycles. The zero-order chi connectivity index (χ0) is 27.5. The van der Waals surface area contributed by atoms with Crippen LogP contribution in [-0.2, 0) is 11.4 Å². The maximum Gasteiger partial charge on any atom is 0.163 e. The van der Waals surface area contributed by atoms with E-state index in [4.69, 9.17) is 14.2 Å². The maximum absolute atomic E-state index is 14.0. The third-order valence-electron chi connectivity index (χ3n) is 7.66. The zero-order valence-electron chi connectivity index (χ0n) is 22.6. The minimum absolute atomic E-state index is 0.00837. The van der Waals surface area contributed by atoms with Crippen LogP contribution in [-0.4, -0.2) is 20.0 Å². The van der Waals surface area contributed by atoms with E-state index in [0.29, 0.717) is 30.9 Å². The van der Waals surface area contributed by atoms with Crippen molar-refractivity contribution in [2.45, 2.75) is 31.4 Å². The molecule has 1 heterocycles. The van der Waals surface area contributed by atoms with Crippen LogP contribution < -0.4 is 24.8 Å². The predicted molar refractivity (Wildman–Crippen MR) is 157 cm³/mol. The lowest BCUT2D eigenvalue weighted by Crippen LogP contribution is -2.27. The fourth-order valence-corrected chi connectivity index (χ4v) is 5.65. The van der Waals surface area contributed by atoms with Crippen LogP contribution in [0, 0.1) is 0 Å². The summed E-state index contributed by atoms with van der Waals surface area (Å²) in [5.41, 5.74) is 6.64. The molecule has 6 nitrogen and oxygen atoms in total. The van der Waals surface area contributed by atoms with Gasteiger partial charge in [-0.05, 0) is 53.8 Å². The van der Waals surface area contributed by atoms with E-state index < -0.39 is 0 Å². The second-order valence-electron chi connectivity index (χ2n) is 10.1. The lowest BCUT2D eigenvalue weighted by atomic mass is 9.78. The third-order valence-corrected chi connectivity index (χ3v) is 7.66. The summed E-state index contributed by atoms with van der Waals surface area (Å²) in [6, 6.07) is 31.7. The number of para-hydroxylation sites is 3. The Kier molecular flexibility index (Phi) is 7.15. The largest absolute Gasteiger partial charge is 0.493 e. The third kappa shape index (κ3) is 5.00. The Morgan fingerprint density at radius 1 is 0.750 bits per heavy atom. The Morgan fingerprint density at radius 2 is 1.48 bits per heavy atom. The van der Waals surface area contributed by atoms with Gasteiger partial charge in [-0.3, -0.25) is 4.79 Å². The topological polar surface area (TPSA) is 68.8 Å². The normalized spacial score (nSPS) is 18.0. The van der Waals surface area contributed by atoms with Crippen LogP contribution >= 0.6 is 0 Å². The predicted octanol–water partition coefficient (Wildman–Crippen LogP) is 7.26. The van der Waals surface area contributed by atoms with Crippen molar-refractivity contribution >= 4 is 17.2 Å². The van der Waals surface area contributed by atoms with Gasteiger partial charge in [0.05, 0.1) is 31.6 Å². The van der Waals surface area contributed by atoms with Gasteiger partial charge in [-0.15, -0.1) is 0 Å². The van der Waals surface area contributed by atoms with E-state index in [1.54, 1.807) is 14.2 Å². The Morgan fingerprint density at radius 3 is 2.27 bits per heavy atom. The number of hydrogen-bond donors (Lipinski definition) is 2. The molecule has 2 atom stereocenters. The standard InChI is InChI=1S/C34H32N2O4/c1-38-31-17-16-23(20-32(31)39-2)24-18-28-33(29(37)19-24)34(36-27-14-8-7-13-26(27)35-28)25-12-6-9-15-30(25)40-21-22-10-4-3-5-11-22/h3-17,20,24,34-36H,18-19,21H2,1-2H3/t24-,34-/m0/s1. The highest BCUT2D eigenvalue weighted by atomic mass is 16.5. The van der Waals surface area contributed by atoms with Gasteiger partial charge in [-0.2, -0.15) is 0 Å². The first-order valence-corrected chi connectivity index (χ1v) is 13.5. The summed E-state index contributed by atoms with van der Waals surface area (Å²) in [6.45, 7) is 0.445. The Balaban J connectivity index is 1.39. The second-order valence-corrected chi connectivity index (χ2v) is 10.1. The van der Waals surface area contributed by atoms with Gasteiger partial charge in [-0.25, -0.2) is 0 Å². The smallest absolute Gasteiger partial charge is 0.163 e. The molecule has 6 rings (SSSR count). The monoisotopic (exact) mass is 532 g/mol. The van der Waals surface area contributed by atoms with Gasteiger partial charge in [0.1, 0.15) is 12.4 Å². The van der Waals surface area contributed by atoms with Crippen LogP contribution in [0.5, 0.6) is 17.2 Å². The summed E-state index contributed by atoms with van der Waals surface area (Å²) in [4.78, 5) is 14.0. The minimum Gasteiger partial charge on any atom is -0.493 e. The van der Waals surface area contributed by atoms with Crippen LogP contribution in [0.3, 0.4) is 0 Å². The molecule has 4 aromatic carbocycles. The van der Waals surface area contributed by atoms with Crippen LogP contribution in [0.25, 0.3) is 0 Å². The minimum atomic E-state index is -0.364. The summed E-state index contributed by atoms with van der Waals surface area (Å²) in [6.07, 6.45) is 1.09. The number of hydrogen-bond acceptors (Lipinski definition) is 6. The average molecular weight is 533 g/mol. The van der Waals surface area contributed by atoms with E-state index >= 15 is 0 Å². The number of carbonyl (C=O) groups excluding carboxylic acids is 1. The van der Waals surface area contributed by atoms with Gasteiger partial charge in [-0.1, -0.05) is 66.7 Å². The Hall–Kier alpha value is -4.71. The number of carbonyl (C=O) groups is 1. The summed E-state index contributed by atoms with van der Waals surface area (Å²) in [5.74, 6) is 2.21. The quantitative estimate of drug-likeness (QED) is 0.261. The number of ether oxygens (including phenoxy) is 3. The lowest BCUT2D eigenvalue weighted by molar-refractivity contribution is -0.116. The summed E-state index contributed by atoms with van der Waals surface area (Å²) >= 11 is 0. The van der Waals surface area contributed by atoms with E-state index in [0.717, 1.165) is 45.1 Å². The fraction of sp³-hybridized carbons (Fsp3) is 0.206. The number of Topliss-reactive ketones (excluding diaryl/α,β-unsaturated/α-hetero) is 1. The van der Waals surface area contributed by atoms with Crippen LogP contribution in [0.2, 0.25) is 0 Å². The van der Waals surface area contributed by atoms with Gasteiger partial charge in [0.2, 0.25) is 0 Å². The molecular weight excluding hydrogens is 500 g/mol. The first-order chi connectivity index (χ1) is 19.6. The van der Waals surface area contributed by atoms with Crippen LogP contribution in [0.1, 0.15) is 41.5 Å². The number of nitrogens with one attached hydrogen (secondary N) is 2. The number of ketones is 1. The lowest BCUT2D eigenvalue weighted by Gasteiger charge is -2.30. The summed E-state index contributed by atoms with van der Waals surface area (Å²) < 4.78 is 17.3. The van der Waals surface area contributed by atoms with Crippen molar-refractivity contribution < 1.29 is 19.0 Å². The molecule has 0 spiro atoms. The van der Waals surface area contributed by atoms with Crippen molar-refractivity contribution in [1.82, 2.24) is 0 Å². The molecule has 0 fully saturated rings. The molecule has 40 heavy (non-hydrogen) atoms. The van der Waals surface area contributed by atoms with Crippen molar-refractivity contribution in [3.63, 3.8) is 0 Å². The Bertz CT molecular complexity index is 1560. The molecular formula is C34H32N2O4. The maximum atomic E-state index is 14.0. The van der Waals surface area contributed by atoms with Crippen molar-refractivity contribution in [3.8, 4) is 17.2 Å². The van der Waals surface area contributed by atoms with Crippen molar-refractivity contribution in [2.24, 2.45) is 0 Å². The second kappa shape index (κ2) is 11.2. The molecule has 202 valence electrons. The van der Waals surface area contributed by atoms with Crippen LogP contribution in [0.15, 0.2) is 108 Å². The molecule has 2 N–H and O–H groups in total. The van der Waals surface area contributed by atoms with Crippen LogP contribution in [0.4, 0.5) is 11.4 Å². The van der Waals surface area contributed by atoms with Crippen molar-refractivity contribution in [3.05, 3.63) is 125 Å². The molecule has 0 saturated carbocycles. The van der Waals surface area contributed by atoms with E-state index in [-0.39, 0.29) is 17.7 Å². The fourth-order valence-electron chi connectivity index (χ4n) is 5.65. The molecule has 1 aliphatic heterocycles. The molecule has 0 unspecified atom stereocenters. The first kappa shape index (κ1) is 25.6. The van der Waals surface area contributed by atoms with Gasteiger partial charge in [0.25, 0.3) is 0 Å². The molecule has 4 aromatic rings. The van der Waals surface area contributed by atoms with E-state index in [1.165, 1.54) is 0 Å². The molecule has 0 bridgehead atoms. The highest BCUT2D eigenvalue weighted by Crippen LogP contribution is 2.46. The van der Waals surface area contributed by atoms with E-state index in [9.17, 15) is 4.79 Å². The number of anilines is 2. The molecule has 2 aliphatic rings. The average Bonchev–Trinajstić information content (AvgIpc) is 3.17. The first-order valence-electron chi connectivity index (χ1n) is 13.5. The number of fused-ring (bicyclic) bond motifs is 1. The van der Waals surface area contributed by atoms with Crippen molar-refractivity contribution in [1.29, 1.82) is 0 Å². The number of allylic oxidation sites excluding steroid dienone is 1. The summed E-state index contributed by atoms with van der Waals surface area (Å²) in [5, 5.41) is 7.29. The zero-order valence-corrected chi connectivity index (χ0v) is 22.6. The number of benzene rings is 4. The Labute approximate surface area is 234 Å². The molecule has 6 heteroatoms. The molecule has 1 aliphatic carbocycles. The highest BCUT2D eigenvalue weighted by molar-refractivity contribution is 6.01. The SMILES string of the molecule is COc1ccc([C@@H]2CC(=O)C3=C(C2)Nc2ccccc2N[C@H]3c2ccccc2OCc2ccccc2)cc1OC. The summed E-state index contributed by atoms with van der Waals surface area (Å²) in [7, 11) is 3.26. The van der Waals surface area contributed by atoms with E-state index in [2.05, 4.69) is 10.6 Å². The van der Waals surface area contributed by atoms with Gasteiger partial charge < -0.3 is 24.8 Å². The molecule has 0 amide bonds. The number of methoxy groups -OCH3 is 2. The highest BCUT2D eigenvalue weighted by Gasteiger charge is 2.37. The van der Waals surface area contributed by atoms with Crippen molar-refractivity contribution in [2.75, 3.05) is 24.9 Å².